The summed E-state index contributed by atoms with van der Waals surface area (Å²) in [6, 6.07) is 2.97. The quantitative estimate of drug-likeness (QED) is 0.617. The van der Waals surface area contributed by atoms with Crippen molar-refractivity contribution in [3.8, 4) is 5.75 Å². The summed E-state index contributed by atoms with van der Waals surface area (Å²) in [5.41, 5.74) is 6.85. The maximum absolute atomic E-state index is 11.4. The Hall–Kier alpha value is -2.35. The molecule has 1 atom stereocenters. The molecular formula is C13H16N4O4. The largest absolute Gasteiger partial charge is 0.481 e. The van der Waals surface area contributed by atoms with Crippen LogP contribution < -0.4 is 20.7 Å². The molecule has 1 aromatic carbocycles. The van der Waals surface area contributed by atoms with Crippen LogP contribution in [0.3, 0.4) is 0 Å². The molecule has 2 heterocycles. The second-order valence-corrected chi connectivity index (χ2v) is 5.28. The van der Waals surface area contributed by atoms with Crippen LogP contribution in [0.5, 0.6) is 5.75 Å². The number of fused-ring (bicyclic) bond motifs is 1. The normalized spacial score (nSPS) is 21.3. The first-order valence-electron chi connectivity index (χ1n) is 6.80. The Morgan fingerprint density at radius 2 is 2.29 bits per heavy atom. The number of anilines is 2. The Bertz CT molecular complexity index is 604. The Morgan fingerprint density at radius 1 is 1.48 bits per heavy atom. The number of carbonyl (C=O) groups is 1. The van der Waals surface area contributed by atoms with Crippen molar-refractivity contribution >= 4 is 23.0 Å². The van der Waals surface area contributed by atoms with Crippen LogP contribution in [-0.4, -0.2) is 36.6 Å². The van der Waals surface area contributed by atoms with Crippen LogP contribution >= 0.6 is 0 Å². The lowest BCUT2D eigenvalue weighted by Gasteiger charge is -2.33. The van der Waals surface area contributed by atoms with Gasteiger partial charge in [0.25, 0.3) is 11.6 Å². The molecule has 0 saturated carbocycles. The number of ether oxygens (including phenoxy) is 1. The molecule has 8 heteroatoms. The van der Waals surface area contributed by atoms with E-state index in [0.717, 1.165) is 12.8 Å². The van der Waals surface area contributed by atoms with E-state index in [2.05, 4.69) is 5.32 Å². The molecule has 0 radical (unpaired) electrons. The number of rotatable bonds is 2. The van der Waals surface area contributed by atoms with Crippen LogP contribution in [0, 0.1) is 10.1 Å². The number of nitro groups is 1. The topological polar surface area (TPSA) is 111 Å². The second kappa shape index (κ2) is 5.21. The Labute approximate surface area is 121 Å². The zero-order chi connectivity index (χ0) is 15.0. The number of nitrogens with zero attached hydrogens (tertiary/aromatic N) is 2. The SMILES string of the molecule is NC1CCCN(c2cc3c(cc2[N+](=O)[O-])OCC(=O)N3)C1. The van der Waals surface area contributed by atoms with Gasteiger partial charge >= 0.3 is 0 Å². The zero-order valence-electron chi connectivity index (χ0n) is 11.4. The molecule has 112 valence electrons. The van der Waals surface area contributed by atoms with E-state index in [1.54, 1.807) is 6.07 Å². The number of hydrogen-bond acceptors (Lipinski definition) is 6. The summed E-state index contributed by atoms with van der Waals surface area (Å²) in [6.45, 7) is 1.15. The van der Waals surface area contributed by atoms with Crippen molar-refractivity contribution in [3.63, 3.8) is 0 Å². The van der Waals surface area contributed by atoms with E-state index in [1.807, 2.05) is 4.90 Å². The van der Waals surface area contributed by atoms with E-state index in [9.17, 15) is 14.9 Å². The van der Waals surface area contributed by atoms with Crippen molar-refractivity contribution in [2.75, 3.05) is 29.9 Å². The number of benzene rings is 1. The molecule has 21 heavy (non-hydrogen) atoms. The molecule has 0 bridgehead atoms. The van der Waals surface area contributed by atoms with Gasteiger partial charge < -0.3 is 20.7 Å². The number of piperidine rings is 1. The fourth-order valence-electron chi connectivity index (χ4n) is 2.73. The van der Waals surface area contributed by atoms with E-state index in [0.29, 0.717) is 30.2 Å². The Balaban J connectivity index is 2.02. The third kappa shape index (κ3) is 2.62. The van der Waals surface area contributed by atoms with Crippen molar-refractivity contribution in [3.05, 3.63) is 22.2 Å². The second-order valence-electron chi connectivity index (χ2n) is 5.28. The van der Waals surface area contributed by atoms with E-state index in [-0.39, 0.29) is 24.2 Å². The van der Waals surface area contributed by atoms with Crippen LogP contribution in [0.2, 0.25) is 0 Å². The van der Waals surface area contributed by atoms with Crippen LogP contribution in [0.25, 0.3) is 0 Å². The fraction of sp³-hybridized carbons (Fsp3) is 0.462. The maximum Gasteiger partial charge on any atom is 0.296 e. The summed E-state index contributed by atoms with van der Waals surface area (Å²) in [4.78, 5) is 24.1. The van der Waals surface area contributed by atoms with Gasteiger partial charge in [0.15, 0.2) is 12.4 Å². The molecule has 0 aliphatic carbocycles. The van der Waals surface area contributed by atoms with Crippen LogP contribution in [0.15, 0.2) is 12.1 Å². The highest BCUT2D eigenvalue weighted by Gasteiger charge is 2.28. The summed E-state index contributed by atoms with van der Waals surface area (Å²) in [7, 11) is 0. The van der Waals surface area contributed by atoms with Crippen molar-refractivity contribution in [2.24, 2.45) is 5.73 Å². The number of amides is 1. The van der Waals surface area contributed by atoms with Gasteiger partial charge in [-0.2, -0.15) is 0 Å². The van der Waals surface area contributed by atoms with E-state index < -0.39 is 4.92 Å². The van der Waals surface area contributed by atoms with E-state index >= 15 is 0 Å². The third-order valence-corrected chi connectivity index (χ3v) is 3.70. The fourth-order valence-corrected chi connectivity index (χ4v) is 2.73. The van der Waals surface area contributed by atoms with Gasteiger partial charge in [0.05, 0.1) is 16.7 Å². The lowest BCUT2D eigenvalue weighted by Crippen LogP contribution is -2.43. The van der Waals surface area contributed by atoms with Gasteiger partial charge in [0, 0.05) is 19.1 Å². The predicted molar refractivity (Wildman–Crippen MR) is 76.6 cm³/mol. The molecule has 3 rings (SSSR count). The van der Waals surface area contributed by atoms with Crippen LogP contribution in [0.4, 0.5) is 17.1 Å². The van der Waals surface area contributed by atoms with Gasteiger partial charge in [-0.15, -0.1) is 0 Å². The van der Waals surface area contributed by atoms with Crippen molar-refractivity contribution in [1.82, 2.24) is 0 Å². The minimum atomic E-state index is -0.435. The zero-order valence-corrected chi connectivity index (χ0v) is 11.4. The molecule has 1 fully saturated rings. The van der Waals surface area contributed by atoms with Crippen LogP contribution in [-0.2, 0) is 4.79 Å². The Morgan fingerprint density at radius 3 is 3.00 bits per heavy atom. The van der Waals surface area contributed by atoms with Gasteiger partial charge in [-0.3, -0.25) is 14.9 Å². The number of nitro benzene ring substituents is 1. The molecule has 2 aliphatic heterocycles. The molecular weight excluding hydrogens is 276 g/mol. The van der Waals surface area contributed by atoms with Gasteiger partial charge in [-0.1, -0.05) is 0 Å². The van der Waals surface area contributed by atoms with Gasteiger partial charge in [0.1, 0.15) is 5.69 Å². The van der Waals surface area contributed by atoms with Gasteiger partial charge in [-0.25, -0.2) is 0 Å². The van der Waals surface area contributed by atoms with Crippen molar-refractivity contribution in [1.29, 1.82) is 0 Å². The number of hydrogen-bond donors (Lipinski definition) is 2. The third-order valence-electron chi connectivity index (χ3n) is 3.70. The Kier molecular flexibility index (Phi) is 3.38. The first kappa shape index (κ1) is 13.6. The monoisotopic (exact) mass is 292 g/mol. The minimum absolute atomic E-state index is 0.000211. The summed E-state index contributed by atoms with van der Waals surface area (Å²) < 4.78 is 5.23. The lowest BCUT2D eigenvalue weighted by atomic mass is 10.0. The smallest absolute Gasteiger partial charge is 0.296 e. The molecule has 3 N–H and O–H groups in total. The molecule has 1 amide bonds. The molecule has 1 aromatic rings. The van der Waals surface area contributed by atoms with E-state index in [4.69, 9.17) is 10.5 Å². The summed E-state index contributed by atoms with van der Waals surface area (Å²) in [5.74, 6) is 0.0593. The van der Waals surface area contributed by atoms with Crippen LogP contribution in [0.1, 0.15) is 12.8 Å². The van der Waals surface area contributed by atoms with E-state index in [1.165, 1.54) is 6.07 Å². The summed E-state index contributed by atoms with van der Waals surface area (Å²) in [6.07, 6.45) is 1.80. The molecule has 1 unspecified atom stereocenters. The maximum atomic E-state index is 11.4. The summed E-state index contributed by atoms with van der Waals surface area (Å²) in [5, 5.41) is 14.0. The first-order chi connectivity index (χ1) is 10.0. The molecule has 8 nitrogen and oxygen atoms in total. The van der Waals surface area contributed by atoms with Crippen molar-refractivity contribution < 1.29 is 14.5 Å². The standard InChI is InChI=1S/C13H16N4O4/c14-8-2-1-3-16(6-8)10-4-9-12(5-11(10)17(19)20)21-7-13(18)15-9/h4-5,8H,1-3,6-7,14H2,(H,15,18). The summed E-state index contributed by atoms with van der Waals surface area (Å²) >= 11 is 0. The highest BCUT2D eigenvalue weighted by molar-refractivity contribution is 5.97. The molecule has 1 saturated heterocycles. The lowest BCUT2D eigenvalue weighted by molar-refractivity contribution is -0.384. The van der Waals surface area contributed by atoms with Crippen molar-refractivity contribution in [2.45, 2.75) is 18.9 Å². The molecule has 0 spiro atoms. The minimum Gasteiger partial charge on any atom is -0.481 e. The molecule has 0 aromatic heterocycles. The average Bonchev–Trinajstić information content (AvgIpc) is 2.45. The number of nitrogens with two attached hydrogens (primary N) is 1. The van der Waals surface area contributed by atoms with Gasteiger partial charge in [0.2, 0.25) is 0 Å². The number of carbonyl (C=O) groups excluding carboxylic acids is 1. The number of nitrogens with one attached hydrogen (secondary N) is 1. The molecule has 2 aliphatic rings. The first-order valence-corrected chi connectivity index (χ1v) is 6.80. The highest BCUT2D eigenvalue weighted by Crippen LogP contribution is 2.40. The average molecular weight is 292 g/mol. The predicted octanol–water partition coefficient (Wildman–Crippen LogP) is 0.853. The van der Waals surface area contributed by atoms with Gasteiger partial charge in [-0.05, 0) is 18.9 Å². The highest BCUT2D eigenvalue weighted by atomic mass is 16.6.